The minimum absolute atomic E-state index is 0.0144. The maximum absolute atomic E-state index is 12.3. The Hall–Kier alpha value is -1.81. The van der Waals surface area contributed by atoms with E-state index in [0.717, 1.165) is 0 Å². The molecule has 0 radical (unpaired) electrons. The normalized spacial score (nSPS) is 15.7. The van der Waals surface area contributed by atoms with Crippen molar-refractivity contribution in [2.45, 2.75) is 58.8 Å². The predicted octanol–water partition coefficient (Wildman–Crippen LogP) is -0.886. The zero-order chi connectivity index (χ0) is 20.6. The van der Waals surface area contributed by atoms with Crippen molar-refractivity contribution in [1.82, 2.24) is 16.0 Å². The van der Waals surface area contributed by atoms with Crippen molar-refractivity contribution in [2.75, 3.05) is 5.75 Å². The Morgan fingerprint density at radius 2 is 1.42 bits per heavy atom. The average Bonchev–Trinajstić information content (AvgIpc) is 2.54. The summed E-state index contributed by atoms with van der Waals surface area (Å²) >= 11 is 4.04. The van der Waals surface area contributed by atoms with E-state index in [0.29, 0.717) is 0 Å². The van der Waals surface area contributed by atoms with Crippen molar-refractivity contribution in [2.24, 2.45) is 17.6 Å². The molecule has 150 valence electrons. The van der Waals surface area contributed by atoms with Crippen molar-refractivity contribution < 1.29 is 24.3 Å². The van der Waals surface area contributed by atoms with Crippen LogP contribution in [0.3, 0.4) is 0 Å². The average molecular weight is 391 g/mol. The molecule has 0 saturated carbocycles. The largest absolute Gasteiger partial charge is 0.480 e. The summed E-state index contributed by atoms with van der Waals surface area (Å²) in [6.45, 7) is 8.29. The number of carboxylic acid groups (broad SMARTS) is 1. The third kappa shape index (κ3) is 7.61. The van der Waals surface area contributed by atoms with Crippen LogP contribution in [-0.2, 0) is 19.2 Å². The van der Waals surface area contributed by atoms with Crippen molar-refractivity contribution in [3.8, 4) is 0 Å². The lowest BCUT2D eigenvalue weighted by atomic mass is 10.0. The quantitative estimate of drug-likeness (QED) is 0.266. The molecule has 10 heteroatoms. The molecule has 0 heterocycles. The SMILES string of the molecule is CC(NC(=O)C(CS)NC(=O)C(N)C(C)C)C(=O)NC(C(=O)O)C(C)C. The molecule has 9 nitrogen and oxygen atoms in total. The molecular weight excluding hydrogens is 360 g/mol. The number of hydrogen-bond donors (Lipinski definition) is 6. The van der Waals surface area contributed by atoms with E-state index in [1.807, 2.05) is 0 Å². The number of rotatable bonds is 10. The van der Waals surface area contributed by atoms with E-state index in [4.69, 9.17) is 10.8 Å². The molecule has 26 heavy (non-hydrogen) atoms. The van der Waals surface area contributed by atoms with Gasteiger partial charge in [0, 0.05) is 5.75 Å². The van der Waals surface area contributed by atoms with Crippen LogP contribution in [0.5, 0.6) is 0 Å². The highest BCUT2D eigenvalue weighted by Crippen LogP contribution is 2.03. The molecule has 0 aromatic rings. The van der Waals surface area contributed by atoms with Gasteiger partial charge in [0.15, 0.2) is 0 Å². The van der Waals surface area contributed by atoms with E-state index in [2.05, 4.69) is 28.6 Å². The second-order valence-electron chi connectivity index (χ2n) is 6.81. The van der Waals surface area contributed by atoms with Crippen LogP contribution in [0, 0.1) is 11.8 Å². The van der Waals surface area contributed by atoms with Crippen molar-refractivity contribution in [3.63, 3.8) is 0 Å². The zero-order valence-corrected chi connectivity index (χ0v) is 16.7. The highest BCUT2D eigenvalue weighted by Gasteiger charge is 2.29. The van der Waals surface area contributed by atoms with Gasteiger partial charge in [-0.3, -0.25) is 14.4 Å². The molecule has 4 atom stereocenters. The summed E-state index contributed by atoms with van der Waals surface area (Å²) in [6.07, 6.45) is 0. The van der Waals surface area contributed by atoms with Crippen molar-refractivity contribution in [1.29, 1.82) is 0 Å². The Kier molecular flexibility index (Phi) is 10.3. The van der Waals surface area contributed by atoms with E-state index < -0.39 is 47.9 Å². The van der Waals surface area contributed by atoms with Gasteiger partial charge >= 0.3 is 5.97 Å². The van der Waals surface area contributed by atoms with Gasteiger partial charge in [0.1, 0.15) is 18.1 Å². The minimum Gasteiger partial charge on any atom is -0.480 e. The van der Waals surface area contributed by atoms with Crippen molar-refractivity contribution >= 4 is 36.3 Å². The minimum atomic E-state index is -1.16. The Morgan fingerprint density at radius 1 is 0.885 bits per heavy atom. The molecule has 6 N–H and O–H groups in total. The van der Waals surface area contributed by atoms with Crippen molar-refractivity contribution in [3.05, 3.63) is 0 Å². The molecule has 3 amide bonds. The van der Waals surface area contributed by atoms with Crippen LogP contribution in [0.1, 0.15) is 34.6 Å². The lowest BCUT2D eigenvalue weighted by Gasteiger charge is -2.24. The van der Waals surface area contributed by atoms with Crippen LogP contribution in [-0.4, -0.2) is 58.7 Å². The van der Waals surface area contributed by atoms with Gasteiger partial charge in [0.05, 0.1) is 6.04 Å². The number of thiol groups is 1. The molecular formula is C16H30N4O5S. The first-order valence-electron chi connectivity index (χ1n) is 8.42. The van der Waals surface area contributed by atoms with Gasteiger partial charge < -0.3 is 26.8 Å². The Bertz CT molecular complexity index is 527. The Labute approximate surface area is 159 Å². The third-order valence-corrected chi connectivity index (χ3v) is 4.18. The van der Waals surface area contributed by atoms with E-state index in [1.165, 1.54) is 6.92 Å². The van der Waals surface area contributed by atoms with Crippen LogP contribution in [0.15, 0.2) is 0 Å². The molecule has 0 saturated heterocycles. The highest BCUT2D eigenvalue weighted by atomic mass is 32.1. The Balaban J connectivity index is 4.82. The van der Waals surface area contributed by atoms with Crippen LogP contribution in [0.2, 0.25) is 0 Å². The molecule has 0 bridgehead atoms. The predicted molar refractivity (Wildman–Crippen MR) is 101 cm³/mol. The summed E-state index contributed by atoms with van der Waals surface area (Å²) in [5.41, 5.74) is 5.74. The molecule has 0 aliphatic carbocycles. The van der Waals surface area contributed by atoms with Gasteiger partial charge in [0.25, 0.3) is 0 Å². The summed E-state index contributed by atoms with van der Waals surface area (Å²) < 4.78 is 0. The highest BCUT2D eigenvalue weighted by molar-refractivity contribution is 7.80. The van der Waals surface area contributed by atoms with E-state index in [9.17, 15) is 19.2 Å². The number of nitrogens with one attached hydrogen (secondary N) is 3. The topological polar surface area (TPSA) is 151 Å². The third-order valence-electron chi connectivity index (χ3n) is 3.82. The summed E-state index contributed by atoms with van der Waals surface area (Å²) in [5.74, 6) is -3.30. The second kappa shape index (κ2) is 11.0. The zero-order valence-electron chi connectivity index (χ0n) is 15.8. The molecule has 0 aliphatic heterocycles. The summed E-state index contributed by atoms with van der Waals surface area (Å²) in [5, 5.41) is 16.4. The Morgan fingerprint density at radius 3 is 1.81 bits per heavy atom. The number of amides is 3. The van der Waals surface area contributed by atoms with Gasteiger partial charge in [-0.15, -0.1) is 0 Å². The summed E-state index contributed by atoms with van der Waals surface area (Å²) in [6, 6.07) is -3.79. The second-order valence-corrected chi connectivity index (χ2v) is 7.18. The number of hydrogen-bond acceptors (Lipinski definition) is 6. The van der Waals surface area contributed by atoms with E-state index in [1.54, 1.807) is 27.7 Å². The monoisotopic (exact) mass is 390 g/mol. The molecule has 0 fully saturated rings. The van der Waals surface area contributed by atoms with Gasteiger partial charge in [-0.2, -0.15) is 12.6 Å². The standard InChI is InChI=1S/C16H30N4O5S/c1-7(2)11(17)15(23)19-10(6-26)14(22)18-9(5)13(21)20-12(8(3)4)16(24)25/h7-12,26H,6,17H2,1-5H3,(H,18,22)(H,19,23)(H,20,21)(H,24,25). The van der Waals surface area contributed by atoms with E-state index >= 15 is 0 Å². The molecule has 0 aromatic carbocycles. The van der Waals surface area contributed by atoms with Crippen LogP contribution >= 0.6 is 12.6 Å². The van der Waals surface area contributed by atoms with Crippen LogP contribution in [0.25, 0.3) is 0 Å². The molecule has 0 aromatic heterocycles. The number of carbonyl (C=O) groups is 4. The lowest BCUT2D eigenvalue weighted by molar-refractivity contribution is -0.143. The fourth-order valence-corrected chi connectivity index (χ4v) is 2.19. The number of carbonyl (C=O) groups excluding carboxylic acids is 3. The first-order valence-corrected chi connectivity index (χ1v) is 9.05. The maximum Gasteiger partial charge on any atom is 0.326 e. The van der Waals surface area contributed by atoms with Gasteiger partial charge in [-0.1, -0.05) is 27.7 Å². The summed E-state index contributed by atoms with van der Waals surface area (Å²) in [4.78, 5) is 47.5. The fourth-order valence-electron chi connectivity index (χ4n) is 1.94. The summed E-state index contributed by atoms with van der Waals surface area (Å²) in [7, 11) is 0. The molecule has 0 rings (SSSR count). The van der Waals surface area contributed by atoms with Crippen LogP contribution in [0.4, 0.5) is 0 Å². The van der Waals surface area contributed by atoms with Gasteiger partial charge in [-0.05, 0) is 18.8 Å². The molecule has 0 aliphatic rings. The number of carboxylic acids is 1. The molecule has 4 unspecified atom stereocenters. The maximum atomic E-state index is 12.3. The van der Waals surface area contributed by atoms with E-state index in [-0.39, 0.29) is 17.6 Å². The lowest BCUT2D eigenvalue weighted by Crippen LogP contribution is -2.57. The van der Waals surface area contributed by atoms with Crippen LogP contribution < -0.4 is 21.7 Å². The molecule has 0 spiro atoms. The first-order chi connectivity index (χ1) is 11.9. The first kappa shape index (κ1) is 24.2. The van der Waals surface area contributed by atoms with Gasteiger partial charge in [0.2, 0.25) is 17.7 Å². The smallest absolute Gasteiger partial charge is 0.326 e. The number of aliphatic carboxylic acids is 1. The number of nitrogens with two attached hydrogens (primary N) is 1. The fraction of sp³-hybridized carbons (Fsp3) is 0.750. The van der Waals surface area contributed by atoms with Gasteiger partial charge in [-0.25, -0.2) is 4.79 Å².